The van der Waals surface area contributed by atoms with Crippen LogP contribution in [-0.4, -0.2) is 36.7 Å². The summed E-state index contributed by atoms with van der Waals surface area (Å²) in [6.45, 7) is 9.15. The van der Waals surface area contributed by atoms with E-state index in [1.54, 1.807) is 49.5 Å². The highest BCUT2D eigenvalue weighted by Crippen LogP contribution is 2.23. The largest absolute Gasteiger partial charge is 0.494 e. The van der Waals surface area contributed by atoms with Crippen LogP contribution in [0.2, 0.25) is 0 Å². The zero-order valence-corrected chi connectivity index (χ0v) is 24.9. The van der Waals surface area contributed by atoms with Gasteiger partial charge in [0.25, 0.3) is 0 Å². The van der Waals surface area contributed by atoms with E-state index < -0.39 is 5.97 Å². The Balaban J connectivity index is 1.30. The zero-order chi connectivity index (χ0) is 30.0. The average Bonchev–Trinajstić information content (AvgIpc) is 3.01. The molecule has 2 aromatic carbocycles. The van der Waals surface area contributed by atoms with Gasteiger partial charge in [-0.25, -0.2) is 9.59 Å². The van der Waals surface area contributed by atoms with E-state index in [2.05, 4.69) is 18.5 Å². The van der Waals surface area contributed by atoms with Gasteiger partial charge in [-0.2, -0.15) is 0 Å². The summed E-state index contributed by atoms with van der Waals surface area (Å²) in [4.78, 5) is 28.4. The lowest BCUT2D eigenvalue weighted by molar-refractivity contribution is -0.139. The summed E-state index contributed by atoms with van der Waals surface area (Å²) in [5, 5.41) is 0. The minimum atomic E-state index is -0.421. The first kappa shape index (κ1) is 32.4. The topological polar surface area (TPSA) is 84.0 Å². The molecule has 0 N–H and O–H groups in total. The minimum Gasteiger partial charge on any atom is -0.494 e. The van der Waals surface area contributed by atoms with Crippen LogP contribution in [0, 0.1) is 0 Å². The highest BCUT2D eigenvalue weighted by Gasteiger charge is 2.10. The quantitative estimate of drug-likeness (QED) is 0.0616. The van der Waals surface area contributed by atoms with Gasteiger partial charge in [0.15, 0.2) is 0 Å². The van der Waals surface area contributed by atoms with Gasteiger partial charge in [-0.05, 0) is 86.8 Å². The van der Waals surface area contributed by atoms with Gasteiger partial charge in [0.05, 0.1) is 37.3 Å². The molecular weight excluding hydrogens is 530 g/mol. The predicted molar refractivity (Wildman–Crippen MR) is 165 cm³/mol. The molecule has 7 heteroatoms. The molecule has 7 nitrogen and oxygen atoms in total. The number of hydrogen-bond acceptors (Lipinski definition) is 7. The van der Waals surface area contributed by atoms with Gasteiger partial charge >= 0.3 is 11.9 Å². The Hall–Kier alpha value is -4.13. The van der Waals surface area contributed by atoms with E-state index in [4.69, 9.17) is 18.9 Å². The molecule has 1 heterocycles. The first-order chi connectivity index (χ1) is 20.5. The number of carbonyl (C=O) groups is 2. The standard InChI is InChI=1S/C35H43NO6/c1-4-5-23-40-32-21-22-33(36-26-32)28-13-19-31(20-14-28)42-35(38)29-15-17-30(18-16-29)39-24-11-9-7-6-8-10-12-25-41-34(37)27(2)3/h13-22,26H,2,4-12,23-25H2,1,3H3. The molecule has 0 saturated carbocycles. The number of carbonyl (C=O) groups excluding carboxylic acids is 2. The van der Waals surface area contributed by atoms with Crippen molar-refractivity contribution in [3.05, 3.63) is 84.6 Å². The molecule has 0 aliphatic heterocycles. The second-order valence-corrected chi connectivity index (χ2v) is 10.3. The molecule has 0 fully saturated rings. The summed E-state index contributed by atoms with van der Waals surface area (Å²) in [7, 11) is 0. The van der Waals surface area contributed by atoms with Crippen LogP contribution in [-0.2, 0) is 9.53 Å². The lowest BCUT2D eigenvalue weighted by Gasteiger charge is -2.09. The first-order valence-electron chi connectivity index (χ1n) is 14.9. The fourth-order valence-corrected chi connectivity index (χ4v) is 4.08. The van der Waals surface area contributed by atoms with Gasteiger partial charge in [-0.15, -0.1) is 0 Å². The molecule has 3 rings (SSSR count). The van der Waals surface area contributed by atoms with Crippen LogP contribution >= 0.6 is 0 Å². The molecule has 224 valence electrons. The molecule has 42 heavy (non-hydrogen) atoms. The van der Waals surface area contributed by atoms with E-state index >= 15 is 0 Å². The summed E-state index contributed by atoms with van der Waals surface area (Å²) < 4.78 is 22.1. The highest BCUT2D eigenvalue weighted by atomic mass is 16.5. The summed E-state index contributed by atoms with van der Waals surface area (Å²) in [5.74, 6) is 1.23. The SMILES string of the molecule is C=C(C)C(=O)OCCCCCCCCCOc1ccc(C(=O)Oc2ccc(-c3ccc(OCCCC)cn3)cc2)cc1. The average molecular weight is 574 g/mol. The fraction of sp³-hybridized carbons (Fsp3) is 0.400. The van der Waals surface area contributed by atoms with Crippen LogP contribution in [0.15, 0.2) is 79.0 Å². The molecule has 0 aliphatic carbocycles. The number of benzene rings is 2. The third-order valence-corrected chi connectivity index (χ3v) is 6.59. The van der Waals surface area contributed by atoms with E-state index in [0.717, 1.165) is 80.5 Å². The van der Waals surface area contributed by atoms with Crippen molar-refractivity contribution in [2.24, 2.45) is 0 Å². The molecule has 0 amide bonds. The third-order valence-electron chi connectivity index (χ3n) is 6.59. The Labute approximate surface area is 249 Å². The summed E-state index contributed by atoms with van der Waals surface area (Å²) in [6, 6.07) is 18.1. The lowest BCUT2D eigenvalue weighted by atomic mass is 10.1. The summed E-state index contributed by atoms with van der Waals surface area (Å²) in [5.41, 5.74) is 2.65. The first-order valence-corrected chi connectivity index (χ1v) is 14.9. The van der Waals surface area contributed by atoms with Gasteiger partial charge in [-0.3, -0.25) is 4.98 Å². The Kier molecular flexibility index (Phi) is 14.1. The Morgan fingerprint density at radius 2 is 1.26 bits per heavy atom. The third kappa shape index (κ3) is 11.8. The van der Waals surface area contributed by atoms with E-state index in [1.807, 2.05) is 24.3 Å². The van der Waals surface area contributed by atoms with Crippen molar-refractivity contribution in [3.8, 4) is 28.5 Å². The second kappa shape index (κ2) is 18.3. The summed E-state index contributed by atoms with van der Waals surface area (Å²) >= 11 is 0. The Morgan fingerprint density at radius 1 is 0.690 bits per heavy atom. The molecule has 0 saturated heterocycles. The van der Waals surface area contributed by atoms with E-state index in [-0.39, 0.29) is 5.97 Å². The maximum atomic E-state index is 12.6. The highest BCUT2D eigenvalue weighted by molar-refractivity contribution is 5.91. The molecule has 0 unspecified atom stereocenters. The smallest absolute Gasteiger partial charge is 0.343 e. The van der Waals surface area contributed by atoms with Crippen LogP contribution in [0.3, 0.4) is 0 Å². The minimum absolute atomic E-state index is 0.309. The molecule has 1 aromatic heterocycles. The van der Waals surface area contributed by atoms with Gasteiger partial charge < -0.3 is 18.9 Å². The monoisotopic (exact) mass is 573 g/mol. The lowest BCUT2D eigenvalue weighted by Crippen LogP contribution is -2.08. The molecule has 0 spiro atoms. The van der Waals surface area contributed by atoms with E-state index in [9.17, 15) is 9.59 Å². The van der Waals surface area contributed by atoms with E-state index in [0.29, 0.717) is 36.7 Å². The van der Waals surface area contributed by atoms with E-state index in [1.165, 1.54) is 0 Å². The van der Waals surface area contributed by atoms with Crippen molar-refractivity contribution in [1.29, 1.82) is 0 Å². The Bertz CT molecular complexity index is 1240. The van der Waals surface area contributed by atoms with Crippen molar-refractivity contribution < 1.29 is 28.5 Å². The number of aromatic nitrogens is 1. The number of hydrogen-bond donors (Lipinski definition) is 0. The molecule has 0 aliphatic rings. The van der Waals surface area contributed by atoms with Crippen molar-refractivity contribution in [2.45, 2.75) is 71.6 Å². The maximum Gasteiger partial charge on any atom is 0.343 e. The normalized spacial score (nSPS) is 10.6. The van der Waals surface area contributed by atoms with Crippen molar-refractivity contribution >= 4 is 11.9 Å². The second-order valence-electron chi connectivity index (χ2n) is 10.3. The van der Waals surface area contributed by atoms with Gasteiger partial charge in [0, 0.05) is 11.1 Å². The van der Waals surface area contributed by atoms with Crippen LogP contribution in [0.25, 0.3) is 11.3 Å². The van der Waals surface area contributed by atoms with Gasteiger partial charge in [-0.1, -0.05) is 52.0 Å². The predicted octanol–water partition coefficient (Wildman–Crippen LogP) is 8.38. The number of nitrogens with zero attached hydrogens (tertiary/aromatic N) is 1. The van der Waals surface area contributed by atoms with Crippen molar-refractivity contribution in [1.82, 2.24) is 4.98 Å². The number of ether oxygens (including phenoxy) is 4. The van der Waals surface area contributed by atoms with Crippen LogP contribution in [0.4, 0.5) is 0 Å². The number of unbranched alkanes of at least 4 members (excludes halogenated alkanes) is 7. The summed E-state index contributed by atoms with van der Waals surface area (Å²) in [6.07, 6.45) is 11.3. The van der Waals surface area contributed by atoms with Crippen molar-refractivity contribution in [2.75, 3.05) is 19.8 Å². The van der Waals surface area contributed by atoms with Crippen LogP contribution in [0.1, 0.15) is 82.0 Å². The number of pyridine rings is 1. The van der Waals surface area contributed by atoms with Crippen LogP contribution < -0.4 is 14.2 Å². The number of esters is 2. The molecule has 0 atom stereocenters. The molecule has 3 aromatic rings. The maximum absolute atomic E-state index is 12.6. The molecule has 0 radical (unpaired) electrons. The molecular formula is C35H43NO6. The van der Waals surface area contributed by atoms with Gasteiger partial charge in [0.1, 0.15) is 17.2 Å². The molecule has 0 bridgehead atoms. The Morgan fingerprint density at radius 3 is 1.88 bits per heavy atom. The number of rotatable bonds is 19. The van der Waals surface area contributed by atoms with Crippen LogP contribution in [0.5, 0.6) is 17.2 Å². The van der Waals surface area contributed by atoms with Crippen molar-refractivity contribution in [3.63, 3.8) is 0 Å². The fourth-order valence-electron chi connectivity index (χ4n) is 4.08. The van der Waals surface area contributed by atoms with Gasteiger partial charge in [0.2, 0.25) is 0 Å². The zero-order valence-electron chi connectivity index (χ0n) is 24.9.